The summed E-state index contributed by atoms with van der Waals surface area (Å²) >= 11 is 1.26. The van der Waals surface area contributed by atoms with Crippen LogP contribution in [-0.2, 0) is 0 Å². The summed E-state index contributed by atoms with van der Waals surface area (Å²) in [5.41, 5.74) is 5.75. The van der Waals surface area contributed by atoms with Gasteiger partial charge in [0.15, 0.2) is 5.13 Å². The van der Waals surface area contributed by atoms with E-state index in [1.165, 1.54) is 11.3 Å². The van der Waals surface area contributed by atoms with Crippen LogP contribution in [-0.4, -0.2) is 47.1 Å². The molecule has 2 unspecified atom stereocenters. The third-order valence-corrected chi connectivity index (χ3v) is 4.29. The molecule has 18 heavy (non-hydrogen) atoms. The van der Waals surface area contributed by atoms with Crippen LogP contribution < -0.4 is 11.1 Å². The lowest BCUT2D eigenvalue weighted by atomic mass is 9.97. The van der Waals surface area contributed by atoms with Crippen molar-refractivity contribution < 1.29 is 9.90 Å². The Kier molecular flexibility index (Phi) is 3.72. The smallest absolute Gasteiger partial charge is 0.267 e. The van der Waals surface area contributed by atoms with Crippen molar-refractivity contribution in [3.05, 3.63) is 4.88 Å². The zero-order valence-electron chi connectivity index (χ0n) is 10.5. The molecular formula is C11H18N4O2S. The van der Waals surface area contributed by atoms with Crippen molar-refractivity contribution in [2.75, 3.05) is 31.2 Å². The zero-order chi connectivity index (χ0) is 13.3. The minimum Gasteiger partial charge on any atom is -0.393 e. The lowest BCUT2D eigenvalue weighted by Gasteiger charge is -2.34. The molecule has 1 aliphatic rings. The summed E-state index contributed by atoms with van der Waals surface area (Å²) in [5, 5.41) is 13.2. The molecule has 100 valence electrons. The van der Waals surface area contributed by atoms with Crippen LogP contribution in [0.15, 0.2) is 0 Å². The number of amides is 1. The highest BCUT2D eigenvalue weighted by Crippen LogP contribution is 2.27. The van der Waals surface area contributed by atoms with E-state index in [4.69, 9.17) is 5.73 Å². The van der Waals surface area contributed by atoms with E-state index in [0.717, 1.165) is 0 Å². The summed E-state index contributed by atoms with van der Waals surface area (Å²) in [6.45, 7) is 3.07. The molecule has 2 rings (SSSR count). The predicted octanol–water partition coefficient (Wildman–Crippen LogP) is 0.610. The van der Waals surface area contributed by atoms with Crippen molar-refractivity contribution in [2.45, 2.75) is 19.4 Å². The number of nitrogen functional groups attached to an aromatic ring is 1. The fourth-order valence-electron chi connectivity index (χ4n) is 2.05. The Labute approximate surface area is 110 Å². The van der Waals surface area contributed by atoms with Crippen molar-refractivity contribution in [1.29, 1.82) is 0 Å². The number of anilines is 2. The molecule has 1 aromatic heterocycles. The topological polar surface area (TPSA) is 91.5 Å². The first-order valence-electron chi connectivity index (χ1n) is 5.94. The summed E-state index contributed by atoms with van der Waals surface area (Å²) in [7, 11) is 1.74. The molecule has 1 fully saturated rings. The van der Waals surface area contributed by atoms with E-state index in [1.807, 2.05) is 6.92 Å². The van der Waals surface area contributed by atoms with E-state index in [1.54, 1.807) is 11.9 Å². The molecule has 0 saturated carbocycles. The molecule has 2 atom stereocenters. The number of carbonyl (C=O) groups is 1. The first kappa shape index (κ1) is 13.1. The van der Waals surface area contributed by atoms with Gasteiger partial charge in [-0.2, -0.15) is 0 Å². The fourth-order valence-corrected chi connectivity index (χ4v) is 2.86. The standard InChI is InChI=1S/C11H18N4O2S/c1-6-5-15(4-3-7(6)16)10(17)8-9(12)14-11(13-2)18-8/h6-7,16H,3-5,12H2,1-2H3,(H,13,14). The maximum absolute atomic E-state index is 12.3. The van der Waals surface area contributed by atoms with E-state index in [-0.39, 0.29) is 23.7 Å². The first-order valence-corrected chi connectivity index (χ1v) is 6.76. The number of rotatable bonds is 2. The summed E-state index contributed by atoms with van der Waals surface area (Å²) < 4.78 is 0. The first-order chi connectivity index (χ1) is 8.52. The summed E-state index contributed by atoms with van der Waals surface area (Å²) in [6, 6.07) is 0. The zero-order valence-corrected chi connectivity index (χ0v) is 11.3. The van der Waals surface area contributed by atoms with Gasteiger partial charge in [-0.25, -0.2) is 4.98 Å². The summed E-state index contributed by atoms with van der Waals surface area (Å²) in [5.74, 6) is 0.277. The highest BCUT2D eigenvalue weighted by molar-refractivity contribution is 7.18. The van der Waals surface area contributed by atoms with Crippen LogP contribution >= 0.6 is 11.3 Å². The van der Waals surface area contributed by atoms with Crippen LogP contribution in [0.3, 0.4) is 0 Å². The Morgan fingerprint density at radius 1 is 1.67 bits per heavy atom. The van der Waals surface area contributed by atoms with Crippen molar-refractivity contribution in [1.82, 2.24) is 9.88 Å². The molecule has 4 N–H and O–H groups in total. The molecule has 0 aliphatic carbocycles. The van der Waals surface area contributed by atoms with Crippen LogP contribution in [0, 0.1) is 5.92 Å². The van der Waals surface area contributed by atoms with E-state index in [2.05, 4.69) is 10.3 Å². The maximum Gasteiger partial charge on any atom is 0.267 e. The number of nitrogens with zero attached hydrogens (tertiary/aromatic N) is 2. The van der Waals surface area contributed by atoms with Gasteiger partial charge in [0.05, 0.1) is 6.10 Å². The number of aliphatic hydroxyl groups is 1. The largest absolute Gasteiger partial charge is 0.393 e. The van der Waals surface area contributed by atoms with E-state index in [0.29, 0.717) is 29.5 Å². The van der Waals surface area contributed by atoms with E-state index < -0.39 is 0 Å². The van der Waals surface area contributed by atoms with Gasteiger partial charge >= 0.3 is 0 Å². The third-order valence-electron chi connectivity index (χ3n) is 3.21. The molecule has 7 heteroatoms. The number of piperidine rings is 1. The third kappa shape index (κ3) is 2.41. The molecular weight excluding hydrogens is 252 g/mol. The molecule has 6 nitrogen and oxygen atoms in total. The van der Waals surface area contributed by atoms with Gasteiger partial charge in [-0.15, -0.1) is 0 Å². The van der Waals surface area contributed by atoms with Crippen LogP contribution in [0.2, 0.25) is 0 Å². The second-order valence-corrected chi connectivity index (χ2v) is 5.57. The summed E-state index contributed by atoms with van der Waals surface area (Å²) in [6.07, 6.45) is 0.297. The summed E-state index contributed by atoms with van der Waals surface area (Å²) in [4.78, 5) is 18.6. The normalized spacial score (nSPS) is 24.1. The second kappa shape index (κ2) is 5.11. The highest BCUT2D eigenvalue weighted by Gasteiger charge is 2.29. The Balaban J connectivity index is 2.13. The molecule has 0 radical (unpaired) electrons. The average Bonchev–Trinajstić information content (AvgIpc) is 2.73. The number of hydrogen-bond donors (Lipinski definition) is 3. The minimum absolute atomic E-state index is 0.0924. The molecule has 1 aliphatic heterocycles. The number of thiazole rings is 1. The van der Waals surface area contributed by atoms with Crippen LogP contribution in [0.1, 0.15) is 23.0 Å². The van der Waals surface area contributed by atoms with Gasteiger partial charge in [0.25, 0.3) is 5.91 Å². The lowest BCUT2D eigenvalue weighted by Crippen LogP contribution is -2.44. The van der Waals surface area contributed by atoms with Crippen molar-refractivity contribution in [3.63, 3.8) is 0 Å². The van der Waals surface area contributed by atoms with Gasteiger partial charge in [-0.3, -0.25) is 4.79 Å². The molecule has 0 aromatic carbocycles. The molecule has 1 aromatic rings. The van der Waals surface area contributed by atoms with Crippen LogP contribution in [0.5, 0.6) is 0 Å². The molecule has 1 saturated heterocycles. The Bertz CT molecular complexity index is 448. The predicted molar refractivity (Wildman–Crippen MR) is 71.8 cm³/mol. The Morgan fingerprint density at radius 3 is 2.94 bits per heavy atom. The van der Waals surface area contributed by atoms with Gasteiger partial charge in [-0.1, -0.05) is 18.3 Å². The van der Waals surface area contributed by atoms with Crippen molar-refractivity contribution >= 4 is 28.2 Å². The van der Waals surface area contributed by atoms with Gasteiger partial charge in [0.1, 0.15) is 10.7 Å². The Morgan fingerprint density at radius 2 is 2.39 bits per heavy atom. The molecule has 1 amide bonds. The van der Waals surface area contributed by atoms with E-state index >= 15 is 0 Å². The number of carbonyl (C=O) groups excluding carboxylic acids is 1. The monoisotopic (exact) mass is 270 g/mol. The number of aromatic nitrogens is 1. The molecule has 2 heterocycles. The molecule has 0 bridgehead atoms. The SMILES string of the molecule is CNc1nc(N)c(C(=O)N2CCC(O)C(C)C2)s1. The highest BCUT2D eigenvalue weighted by atomic mass is 32.1. The lowest BCUT2D eigenvalue weighted by molar-refractivity contribution is 0.0301. The minimum atomic E-state index is -0.319. The van der Waals surface area contributed by atoms with Gasteiger partial charge < -0.3 is 21.1 Å². The van der Waals surface area contributed by atoms with Crippen LogP contribution in [0.25, 0.3) is 0 Å². The molecule has 0 spiro atoms. The van der Waals surface area contributed by atoms with Gasteiger partial charge in [-0.05, 0) is 12.3 Å². The maximum atomic E-state index is 12.3. The number of nitrogens with one attached hydrogen (secondary N) is 1. The van der Waals surface area contributed by atoms with E-state index in [9.17, 15) is 9.90 Å². The van der Waals surface area contributed by atoms with Gasteiger partial charge in [0.2, 0.25) is 0 Å². The van der Waals surface area contributed by atoms with Crippen LogP contribution in [0.4, 0.5) is 10.9 Å². The number of nitrogens with two attached hydrogens (primary N) is 1. The Hall–Kier alpha value is -1.34. The second-order valence-electron chi connectivity index (χ2n) is 4.57. The van der Waals surface area contributed by atoms with Gasteiger partial charge in [0, 0.05) is 20.1 Å². The number of likely N-dealkylation sites (tertiary alicyclic amines) is 1. The van der Waals surface area contributed by atoms with Crippen molar-refractivity contribution in [2.24, 2.45) is 5.92 Å². The number of hydrogen-bond acceptors (Lipinski definition) is 6. The number of aliphatic hydroxyl groups excluding tert-OH is 1. The quantitative estimate of drug-likeness (QED) is 0.732. The van der Waals surface area contributed by atoms with Crippen molar-refractivity contribution in [3.8, 4) is 0 Å². The average molecular weight is 270 g/mol. The fraction of sp³-hybridized carbons (Fsp3) is 0.636.